The van der Waals surface area contributed by atoms with E-state index >= 15 is 0 Å². The zero-order chi connectivity index (χ0) is 13.9. The fourth-order valence-corrected chi connectivity index (χ4v) is 3.50. The van der Waals surface area contributed by atoms with Gasteiger partial charge in [-0.05, 0) is 60.5 Å². The quantitative estimate of drug-likeness (QED) is 0.903. The zero-order valence-corrected chi connectivity index (χ0v) is 13.5. The molecule has 0 atom stereocenters. The molecule has 1 aliphatic heterocycles. The molecule has 19 heavy (non-hydrogen) atoms. The molecule has 2 heterocycles. The van der Waals surface area contributed by atoms with Gasteiger partial charge in [0.1, 0.15) is 0 Å². The van der Waals surface area contributed by atoms with Crippen LogP contribution in [0.1, 0.15) is 38.1 Å². The number of rotatable bonds is 5. The third kappa shape index (κ3) is 3.03. The summed E-state index contributed by atoms with van der Waals surface area (Å²) in [7, 11) is 0. The van der Waals surface area contributed by atoms with Crippen molar-refractivity contribution in [1.29, 1.82) is 0 Å². The molecule has 1 aliphatic rings. The van der Waals surface area contributed by atoms with Crippen molar-refractivity contribution in [3.63, 3.8) is 0 Å². The third-order valence-corrected chi connectivity index (χ3v) is 5.14. The smallest absolute Gasteiger partial charge is 0.0766 e. The van der Waals surface area contributed by atoms with Crippen molar-refractivity contribution in [2.75, 3.05) is 19.8 Å². The number of hydrogen-bond acceptors (Lipinski definition) is 3. The van der Waals surface area contributed by atoms with E-state index in [1.807, 2.05) is 0 Å². The summed E-state index contributed by atoms with van der Waals surface area (Å²) in [6.45, 7) is 7.57. The van der Waals surface area contributed by atoms with Crippen LogP contribution in [0.5, 0.6) is 0 Å². The Morgan fingerprint density at radius 1 is 1.37 bits per heavy atom. The van der Waals surface area contributed by atoms with Gasteiger partial charge in [-0.3, -0.25) is 4.68 Å². The number of nitrogens with zero attached hydrogens (tertiary/aromatic N) is 2. The summed E-state index contributed by atoms with van der Waals surface area (Å²) in [5.74, 6) is 0. The third-order valence-electron chi connectivity index (χ3n) is 4.22. The van der Waals surface area contributed by atoms with E-state index in [0.717, 1.165) is 57.7 Å². The largest absolute Gasteiger partial charge is 0.381 e. The molecule has 0 amide bonds. The van der Waals surface area contributed by atoms with Gasteiger partial charge in [-0.1, -0.05) is 6.92 Å². The second-order valence-electron chi connectivity index (χ2n) is 5.37. The van der Waals surface area contributed by atoms with E-state index in [1.54, 1.807) is 0 Å². The molecular weight excluding hydrogens is 306 g/mol. The Bertz CT molecular complexity index is 425. The molecule has 4 nitrogen and oxygen atoms in total. The first-order valence-electron chi connectivity index (χ1n) is 7.17. The molecule has 5 heteroatoms. The number of aryl methyl sites for hydroxylation is 2. The van der Waals surface area contributed by atoms with Crippen LogP contribution in [0.15, 0.2) is 4.47 Å². The summed E-state index contributed by atoms with van der Waals surface area (Å²) >= 11 is 3.73. The highest BCUT2D eigenvalue weighted by atomic mass is 79.9. The van der Waals surface area contributed by atoms with Crippen LogP contribution in [0.3, 0.4) is 0 Å². The minimum absolute atomic E-state index is 0.179. The molecule has 1 aromatic rings. The highest BCUT2D eigenvalue weighted by molar-refractivity contribution is 9.10. The lowest BCUT2D eigenvalue weighted by molar-refractivity contribution is 0.0181. The number of aromatic nitrogens is 2. The molecular formula is C14H24BrN3O. The first-order chi connectivity index (χ1) is 9.15. The van der Waals surface area contributed by atoms with Gasteiger partial charge in [0.05, 0.1) is 15.9 Å². The van der Waals surface area contributed by atoms with Crippen LogP contribution in [0, 0.1) is 5.41 Å². The van der Waals surface area contributed by atoms with Gasteiger partial charge >= 0.3 is 0 Å². The summed E-state index contributed by atoms with van der Waals surface area (Å²) in [5, 5.41) is 4.68. The molecule has 1 fully saturated rings. The molecule has 0 aliphatic carbocycles. The fraction of sp³-hybridized carbons (Fsp3) is 0.786. The van der Waals surface area contributed by atoms with Crippen LogP contribution in [0.25, 0.3) is 0 Å². The lowest BCUT2D eigenvalue weighted by Gasteiger charge is -2.36. The minimum atomic E-state index is 0.179. The Hall–Kier alpha value is -0.390. The fourth-order valence-electron chi connectivity index (χ4n) is 2.80. The molecule has 0 spiro atoms. The second-order valence-corrected chi connectivity index (χ2v) is 6.16. The van der Waals surface area contributed by atoms with E-state index in [9.17, 15) is 0 Å². The van der Waals surface area contributed by atoms with Gasteiger partial charge in [0.15, 0.2) is 0 Å². The number of ether oxygens (including phenoxy) is 1. The van der Waals surface area contributed by atoms with Crippen LogP contribution in [0.2, 0.25) is 0 Å². The first-order valence-corrected chi connectivity index (χ1v) is 7.97. The van der Waals surface area contributed by atoms with E-state index in [-0.39, 0.29) is 5.41 Å². The SMILES string of the molecule is CCc1nn(CC)c(CC2(CN)CCOCC2)c1Br. The lowest BCUT2D eigenvalue weighted by Crippen LogP contribution is -2.39. The molecule has 0 saturated carbocycles. The van der Waals surface area contributed by atoms with Crippen LogP contribution in [0.4, 0.5) is 0 Å². The van der Waals surface area contributed by atoms with Crippen molar-refractivity contribution >= 4 is 15.9 Å². The average molecular weight is 330 g/mol. The Morgan fingerprint density at radius 3 is 2.58 bits per heavy atom. The predicted octanol–water partition coefficient (Wildman–Crippen LogP) is 2.53. The minimum Gasteiger partial charge on any atom is -0.381 e. The van der Waals surface area contributed by atoms with E-state index in [4.69, 9.17) is 10.5 Å². The van der Waals surface area contributed by atoms with E-state index in [2.05, 4.69) is 39.6 Å². The van der Waals surface area contributed by atoms with Gasteiger partial charge in [0.25, 0.3) is 0 Å². The summed E-state index contributed by atoms with van der Waals surface area (Å²) in [6, 6.07) is 0. The standard InChI is InChI=1S/C14H24BrN3O/c1-3-11-13(15)12(18(4-2)17-11)9-14(10-16)5-7-19-8-6-14/h3-10,16H2,1-2H3. The highest BCUT2D eigenvalue weighted by Gasteiger charge is 2.33. The summed E-state index contributed by atoms with van der Waals surface area (Å²) in [6.07, 6.45) is 4.05. The van der Waals surface area contributed by atoms with Crippen molar-refractivity contribution in [2.24, 2.45) is 11.1 Å². The van der Waals surface area contributed by atoms with Crippen LogP contribution in [-0.4, -0.2) is 29.5 Å². The predicted molar refractivity (Wildman–Crippen MR) is 80.2 cm³/mol. The molecule has 1 saturated heterocycles. The van der Waals surface area contributed by atoms with E-state index in [1.165, 1.54) is 10.2 Å². The monoisotopic (exact) mass is 329 g/mol. The second kappa shape index (κ2) is 6.37. The molecule has 0 bridgehead atoms. The molecule has 0 unspecified atom stereocenters. The van der Waals surface area contributed by atoms with Gasteiger partial charge in [-0.2, -0.15) is 5.10 Å². The first kappa shape index (κ1) is 15.0. The van der Waals surface area contributed by atoms with Crippen molar-refractivity contribution in [1.82, 2.24) is 9.78 Å². The molecule has 0 radical (unpaired) electrons. The topological polar surface area (TPSA) is 53.1 Å². The zero-order valence-electron chi connectivity index (χ0n) is 11.9. The normalized spacial score (nSPS) is 18.7. The molecule has 2 rings (SSSR count). The van der Waals surface area contributed by atoms with Crippen molar-refractivity contribution in [2.45, 2.75) is 46.1 Å². The van der Waals surface area contributed by atoms with Crippen LogP contribution in [-0.2, 0) is 24.1 Å². The average Bonchev–Trinajstić information content (AvgIpc) is 2.76. The van der Waals surface area contributed by atoms with Crippen LogP contribution >= 0.6 is 15.9 Å². The van der Waals surface area contributed by atoms with Gasteiger partial charge in [0.2, 0.25) is 0 Å². The van der Waals surface area contributed by atoms with Gasteiger partial charge in [-0.15, -0.1) is 0 Å². The summed E-state index contributed by atoms with van der Waals surface area (Å²) in [5.41, 5.74) is 8.69. The Balaban J connectivity index is 2.28. The van der Waals surface area contributed by atoms with Gasteiger partial charge in [-0.25, -0.2) is 0 Å². The maximum Gasteiger partial charge on any atom is 0.0766 e. The van der Waals surface area contributed by atoms with Gasteiger partial charge < -0.3 is 10.5 Å². The Kier molecular flexibility index (Phi) is 5.03. The van der Waals surface area contributed by atoms with Crippen LogP contribution < -0.4 is 5.73 Å². The maximum absolute atomic E-state index is 6.07. The maximum atomic E-state index is 6.07. The van der Waals surface area contributed by atoms with Gasteiger partial charge in [0, 0.05) is 19.8 Å². The molecule has 0 aromatic carbocycles. The molecule has 1 aromatic heterocycles. The molecule has 108 valence electrons. The summed E-state index contributed by atoms with van der Waals surface area (Å²) < 4.78 is 8.79. The van der Waals surface area contributed by atoms with Crippen molar-refractivity contribution in [3.05, 3.63) is 15.9 Å². The van der Waals surface area contributed by atoms with E-state index < -0.39 is 0 Å². The van der Waals surface area contributed by atoms with Crippen molar-refractivity contribution in [3.8, 4) is 0 Å². The summed E-state index contributed by atoms with van der Waals surface area (Å²) in [4.78, 5) is 0. The lowest BCUT2D eigenvalue weighted by atomic mass is 9.76. The Morgan fingerprint density at radius 2 is 2.05 bits per heavy atom. The number of hydrogen-bond donors (Lipinski definition) is 1. The highest BCUT2D eigenvalue weighted by Crippen LogP contribution is 2.36. The van der Waals surface area contributed by atoms with Crippen molar-refractivity contribution < 1.29 is 4.74 Å². The Labute approximate surface area is 123 Å². The number of nitrogens with two attached hydrogens (primary N) is 1. The number of halogens is 1. The van der Waals surface area contributed by atoms with E-state index in [0.29, 0.717) is 0 Å². The molecule has 2 N–H and O–H groups in total.